The Labute approximate surface area is 411 Å². The molecular formula is C56H104NO9P. The Morgan fingerprint density at radius 3 is 1.21 bits per heavy atom. The summed E-state index contributed by atoms with van der Waals surface area (Å²) in [6.07, 6.45) is 63.1. The van der Waals surface area contributed by atoms with Gasteiger partial charge in [0.15, 0.2) is 0 Å². The van der Waals surface area contributed by atoms with Gasteiger partial charge in [-0.2, -0.15) is 0 Å². The van der Waals surface area contributed by atoms with Crippen LogP contribution in [0.5, 0.6) is 0 Å². The van der Waals surface area contributed by atoms with Gasteiger partial charge in [-0.15, -0.1) is 0 Å². The van der Waals surface area contributed by atoms with Crippen LogP contribution in [-0.4, -0.2) is 60.5 Å². The van der Waals surface area contributed by atoms with Gasteiger partial charge in [-0.05, 0) is 77.0 Å². The number of carboxylic acid groups (broad SMARTS) is 1. The maximum absolute atomic E-state index is 12.7. The summed E-state index contributed by atoms with van der Waals surface area (Å²) in [6.45, 7) is 3.89. The van der Waals surface area contributed by atoms with Crippen LogP contribution in [0.1, 0.15) is 258 Å². The molecule has 4 N–H and O–H groups in total. The number of aliphatic carboxylic acids is 1. The van der Waals surface area contributed by atoms with Crippen LogP contribution in [0.15, 0.2) is 48.6 Å². The lowest BCUT2D eigenvalue weighted by molar-refractivity contribution is -0.154. The molecule has 0 aliphatic heterocycles. The van der Waals surface area contributed by atoms with Crippen LogP contribution in [0.25, 0.3) is 0 Å². The summed E-state index contributed by atoms with van der Waals surface area (Å²) in [5.74, 6) is -1.78. The van der Waals surface area contributed by atoms with Crippen LogP contribution >= 0.6 is 7.82 Å². The number of ether oxygens (including phenoxy) is 2. The van der Waals surface area contributed by atoms with Crippen molar-refractivity contribution in [1.29, 1.82) is 0 Å². The molecule has 0 saturated carbocycles. The van der Waals surface area contributed by atoms with E-state index in [9.17, 15) is 19.0 Å². The van der Waals surface area contributed by atoms with Crippen molar-refractivity contribution in [1.82, 2.24) is 0 Å². The Kier molecular flexibility index (Phi) is 50.2. The predicted molar refractivity (Wildman–Crippen MR) is 281 cm³/mol. The van der Waals surface area contributed by atoms with Gasteiger partial charge in [0.05, 0.1) is 19.8 Å². The molecule has 392 valence electrons. The molecule has 0 aliphatic carbocycles. The van der Waals surface area contributed by atoms with Gasteiger partial charge in [-0.3, -0.25) is 18.6 Å². The first kappa shape index (κ1) is 64.9. The zero-order chi connectivity index (χ0) is 49.0. The minimum Gasteiger partial charge on any atom is -0.480 e. The number of nitrogens with two attached hydrogens (primary N) is 1. The van der Waals surface area contributed by atoms with Crippen LogP contribution in [0.3, 0.4) is 0 Å². The third-order valence-electron chi connectivity index (χ3n) is 12.1. The Morgan fingerprint density at radius 1 is 0.478 bits per heavy atom. The van der Waals surface area contributed by atoms with E-state index in [2.05, 4.69) is 62.5 Å². The Hall–Kier alpha value is -2.07. The minimum atomic E-state index is -4.63. The van der Waals surface area contributed by atoms with Crippen LogP contribution < -0.4 is 5.73 Å². The molecule has 67 heavy (non-hydrogen) atoms. The van der Waals surface area contributed by atoms with Crippen molar-refractivity contribution in [3.05, 3.63) is 48.6 Å². The number of carbonyl (C=O) groups excluding carboxylic acids is 1. The molecule has 0 fully saturated rings. The fourth-order valence-corrected chi connectivity index (χ4v) is 8.56. The maximum Gasteiger partial charge on any atom is 0.472 e. The Morgan fingerprint density at radius 2 is 0.821 bits per heavy atom. The largest absolute Gasteiger partial charge is 0.480 e. The topological polar surface area (TPSA) is 155 Å². The van der Waals surface area contributed by atoms with Gasteiger partial charge < -0.3 is 25.2 Å². The zero-order valence-electron chi connectivity index (χ0n) is 43.2. The van der Waals surface area contributed by atoms with Gasteiger partial charge in [0.2, 0.25) is 0 Å². The van der Waals surface area contributed by atoms with Crippen molar-refractivity contribution in [2.45, 2.75) is 270 Å². The van der Waals surface area contributed by atoms with Crippen LogP contribution in [0.2, 0.25) is 0 Å². The highest BCUT2D eigenvalue weighted by Gasteiger charge is 2.27. The van der Waals surface area contributed by atoms with Crippen molar-refractivity contribution < 1.29 is 42.7 Å². The van der Waals surface area contributed by atoms with Gasteiger partial charge in [0.25, 0.3) is 0 Å². The van der Waals surface area contributed by atoms with Gasteiger partial charge >= 0.3 is 19.8 Å². The smallest absolute Gasteiger partial charge is 0.472 e. The summed E-state index contributed by atoms with van der Waals surface area (Å²) >= 11 is 0. The molecular weight excluding hydrogens is 862 g/mol. The predicted octanol–water partition coefficient (Wildman–Crippen LogP) is 16.5. The van der Waals surface area contributed by atoms with Crippen LogP contribution in [0.4, 0.5) is 0 Å². The second-order valence-corrected chi connectivity index (χ2v) is 20.2. The van der Waals surface area contributed by atoms with E-state index < -0.39 is 45.1 Å². The minimum absolute atomic E-state index is 0.0146. The highest BCUT2D eigenvalue weighted by atomic mass is 31.2. The number of carbonyl (C=O) groups is 2. The average Bonchev–Trinajstić information content (AvgIpc) is 3.31. The molecule has 0 aliphatic rings. The second kappa shape index (κ2) is 51.8. The van der Waals surface area contributed by atoms with E-state index in [4.69, 9.17) is 29.4 Å². The molecule has 0 aromatic rings. The highest BCUT2D eigenvalue weighted by molar-refractivity contribution is 7.47. The summed E-state index contributed by atoms with van der Waals surface area (Å²) in [5.41, 5.74) is 5.38. The summed E-state index contributed by atoms with van der Waals surface area (Å²) < 4.78 is 33.6. The molecule has 0 amide bonds. The molecule has 0 aromatic carbocycles. The quantitative estimate of drug-likeness (QED) is 0.0232. The van der Waals surface area contributed by atoms with E-state index in [0.29, 0.717) is 13.0 Å². The molecule has 0 rings (SSSR count). The summed E-state index contributed by atoms with van der Waals surface area (Å²) in [5, 5.41) is 8.94. The molecule has 3 atom stereocenters. The molecule has 0 aromatic heterocycles. The number of rotatable bonds is 53. The van der Waals surface area contributed by atoms with Crippen molar-refractivity contribution in [2.24, 2.45) is 5.73 Å². The normalized spacial score (nSPS) is 14.0. The summed E-state index contributed by atoms with van der Waals surface area (Å²) in [6, 6.07) is -1.48. The number of esters is 1. The first-order chi connectivity index (χ1) is 32.7. The Bertz CT molecular complexity index is 1250. The summed E-state index contributed by atoms with van der Waals surface area (Å²) in [7, 11) is -4.63. The molecule has 0 saturated heterocycles. The van der Waals surface area contributed by atoms with E-state index >= 15 is 0 Å². The van der Waals surface area contributed by atoms with E-state index in [1.54, 1.807) is 0 Å². The fourth-order valence-electron chi connectivity index (χ4n) is 7.78. The standard InChI is InChI=1S/C56H104NO9P/c1-3-5-7-9-11-13-15-17-19-21-23-25-27-28-30-32-34-36-38-40-42-44-46-48-55(58)66-53(51-64-67(61,62)65-52-54(57)56(59)60)50-63-49-47-45-43-41-39-37-35-33-31-29-26-24-22-20-18-16-14-12-10-8-6-4-2/h15-18,21-24,53-54H,3-14,19-20,25-52,57H2,1-2H3,(H,59,60)(H,61,62)/b17-15-,18-16-,23-21-,24-22-. The first-order valence-corrected chi connectivity index (χ1v) is 29.2. The van der Waals surface area contributed by atoms with Gasteiger partial charge in [0.1, 0.15) is 12.1 Å². The van der Waals surface area contributed by atoms with E-state index in [1.165, 1.54) is 180 Å². The van der Waals surface area contributed by atoms with Gasteiger partial charge in [-0.1, -0.05) is 223 Å². The highest BCUT2D eigenvalue weighted by Crippen LogP contribution is 2.43. The summed E-state index contributed by atoms with van der Waals surface area (Å²) in [4.78, 5) is 33.8. The number of allylic oxidation sites excluding steroid dienone is 8. The molecule has 10 nitrogen and oxygen atoms in total. The van der Waals surface area contributed by atoms with Gasteiger partial charge in [0, 0.05) is 13.0 Å². The lowest BCUT2D eigenvalue weighted by Crippen LogP contribution is -2.34. The van der Waals surface area contributed by atoms with Crippen LogP contribution in [-0.2, 0) is 32.7 Å². The van der Waals surface area contributed by atoms with Crippen molar-refractivity contribution in [3.8, 4) is 0 Å². The molecule has 0 bridgehead atoms. The number of hydrogen-bond donors (Lipinski definition) is 3. The maximum atomic E-state index is 12.7. The molecule has 11 heteroatoms. The SMILES string of the molecule is CCCCCCC/C=C\C/C=C\CCCCCCCCCCCCCC(=O)OC(COCCCCCCCCCCCC/C=C\C/C=C\CCCCCCC)COP(=O)(O)OCC(N)C(=O)O. The molecule has 3 unspecified atom stereocenters. The van der Waals surface area contributed by atoms with Crippen molar-refractivity contribution >= 4 is 19.8 Å². The third kappa shape index (κ3) is 51.6. The van der Waals surface area contributed by atoms with Gasteiger partial charge in [-0.25, -0.2) is 4.57 Å². The fraction of sp³-hybridized carbons (Fsp3) is 0.821. The van der Waals surface area contributed by atoms with E-state index in [0.717, 1.165) is 51.4 Å². The zero-order valence-corrected chi connectivity index (χ0v) is 44.1. The average molecular weight is 966 g/mol. The second-order valence-electron chi connectivity index (χ2n) is 18.7. The van der Waals surface area contributed by atoms with Crippen molar-refractivity contribution in [3.63, 3.8) is 0 Å². The van der Waals surface area contributed by atoms with Crippen molar-refractivity contribution in [2.75, 3.05) is 26.4 Å². The lowest BCUT2D eigenvalue weighted by atomic mass is 10.0. The number of hydrogen-bond acceptors (Lipinski definition) is 8. The van der Waals surface area contributed by atoms with E-state index in [1.807, 2.05) is 0 Å². The molecule has 0 heterocycles. The lowest BCUT2D eigenvalue weighted by Gasteiger charge is -2.20. The Balaban J connectivity index is 4.10. The van der Waals surface area contributed by atoms with E-state index in [-0.39, 0.29) is 13.0 Å². The first-order valence-electron chi connectivity index (χ1n) is 27.7. The van der Waals surface area contributed by atoms with Crippen LogP contribution in [0, 0.1) is 0 Å². The monoisotopic (exact) mass is 966 g/mol. The molecule has 0 radical (unpaired) electrons. The number of phosphoric acid groups is 1. The number of phosphoric ester groups is 1. The molecule has 0 spiro atoms. The number of carboxylic acids is 1. The number of unbranched alkanes of at least 4 members (excludes halogenated alkanes) is 31. The third-order valence-corrected chi connectivity index (χ3v) is 13.0.